The van der Waals surface area contributed by atoms with Crippen LogP contribution in [0.15, 0.2) is 64.5 Å². The molecule has 1 unspecified atom stereocenters. The highest BCUT2D eigenvalue weighted by molar-refractivity contribution is 8.17. The van der Waals surface area contributed by atoms with Gasteiger partial charge in [0.15, 0.2) is 5.41 Å². The Morgan fingerprint density at radius 1 is 1.21 bits per heavy atom. The van der Waals surface area contributed by atoms with Crippen LogP contribution in [0.25, 0.3) is 0 Å². The molecule has 0 radical (unpaired) electrons. The van der Waals surface area contributed by atoms with Gasteiger partial charge in [-0.15, -0.1) is 0 Å². The van der Waals surface area contributed by atoms with Gasteiger partial charge in [-0.25, -0.2) is 14.2 Å². The Morgan fingerprint density at radius 3 is 2.66 bits per heavy atom. The molecule has 29 heavy (non-hydrogen) atoms. The number of nitrogens with zero attached hydrogens (tertiary/aromatic N) is 2. The Morgan fingerprint density at radius 2 is 1.97 bits per heavy atom. The van der Waals surface area contributed by atoms with E-state index in [-0.39, 0.29) is 18.1 Å². The quantitative estimate of drug-likeness (QED) is 0.703. The van der Waals surface area contributed by atoms with Crippen LogP contribution in [-0.2, 0) is 19.7 Å². The Labute approximate surface area is 172 Å². The lowest BCUT2D eigenvalue weighted by Gasteiger charge is -2.26. The molecule has 2 heterocycles. The zero-order valence-electron chi connectivity index (χ0n) is 16.0. The second-order valence-electron chi connectivity index (χ2n) is 6.58. The third-order valence-corrected chi connectivity index (χ3v) is 6.01. The lowest BCUT2D eigenvalue weighted by Crippen LogP contribution is -2.46. The highest BCUT2D eigenvalue weighted by atomic mass is 32.2. The van der Waals surface area contributed by atoms with Crippen molar-refractivity contribution in [3.8, 4) is 0 Å². The average Bonchev–Trinajstić information content (AvgIpc) is 3.20. The van der Waals surface area contributed by atoms with Gasteiger partial charge in [-0.2, -0.15) is 0 Å². The molecule has 0 fully saturated rings. The maximum absolute atomic E-state index is 14.3. The molecular formula is C22H19FN2O3S. The molecule has 1 amide bonds. The number of aliphatic imine (C=N–C) groups is 1. The molecular weight excluding hydrogens is 391 g/mol. The lowest BCUT2D eigenvalue weighted by atomic mass is 9.76. The van der Waals surface area contributed by atoms with Crippen molar-refractivity contribution < 1.29 is 18.7 Å². The predicted octanol–water partition coefficient (Wildman–Crippen LogP) is 4.35. The van der Waals surface area contributed by atoms with Crippen LogP contribution in [0.2, 0.25) is 0 Å². The number of carbonyl (C=O) groups excluding carboxylic acids is 2. The second kappa shape index (κ2) is 7.48. The van der Waals surface area contributed by atoms with E-state index in [1.165, 1.54) is 23.9 Å². The zero-order chi connectivity index (χ0) is 20.6. The van der Waals surface area contributed by atoms with Gasteiger partial charge >= 0.3 is 5.97 Å². The van der Waals surface area contributed by atoms with E-state index in [0.29, 0.717) is 28.5 Å². The van der Waals surface area contributed by atoms with Crippen LogP contribution in [-0.4, -0.2) is 30.1 Å². The van der Waals surface area contributed by atoms with Crippen LogP contribution in [0.1, 0.15) is 19.4 Å². The SMILES string of the molecule is CCOC(=O)C1=CSC(=Nc2ccccc2)C12C(=O)N(CC)c1ccc(F)cc12. The molecule has 0 aromatic heterocycles. The van der Waals surface area contributed by atoms with E-state index >= 15 is 0 Å². The summed E-state index contributed by atoms with van der Waals surface area (Å²) in [6, 6.07) is 13.4. The molecule has 0 aliphatic carbocycles. The molecule has 0 saturated heterocycles. The van der Waals surface area contributed by atoms with Crippen molar-refractivity contribution in [2.24, 2.45) is 4.99 Å². The van der Waals surface area contributed by atoms with Gasteiger partial charge in [0.2, 0.25) is 5.91 Å². The number of thioether (sulfide) groups is 1. The molecule has 1 spiro atoms. The van der Waals surface area contributed by atoms with Gasteiger partial charge in [0.05, 0.1) is 17.9 Å². The first-order valence-electron chi connectivity index (χ1n) is 9.34. The van der Waals surface area contributed by atoms with Crippen molar-refractivity contribution in [1.29, 1.82) is 0 Å². The van der Waals surface area contributed by atoms with E-state index < -0.39 is 17.2 Å². The molecule has 0 bridgehead atoms. The number of ether oxygens (including phenoxy) is 1. The molecule has 148 valence electrons. The van der Waals surface area contributed by atoms with Gasteiger partial charge < -0.3 is 9.64 Å². The van der Waals surface area contributed by atoms with Gasteiger partial charge in [0, 0.05) is 17.8 Å². The van der Waals surface area contributed by atoms with Crippen molar-refractivity contribution in [3.63, 3.8) is 0 Å². The van der Waals surface area contributed by atoms with Gasteiger partial charge in [0.1, 0.15) is 10.9 Å². The van der Waals surface area contributed by atoms with Gasteiger partial charge in [0.25, 0.3) is 0 Å². The maximum atomic E-state index is 14.3. The Bertz CT molecular complexity index is 1050. The first-order valence-corrected chi connectivity index (χ1v) is 10.2. The van der Waals surface area contributed by atoms with Crippen LogP contribution in [0, 0.1) is 5.82 Å². The predicted molar refractivity (Wildman–Crippen MR) is 112 cm³/mol. The molecule has 1 atom stereocenters. The van der Waals surface area contributed by atoms with Crippen molar-refractivity contribution in [2.45, 2.75) is 19.3 Å². The van der Waals surface area contributed by atoms with Crippen molar-refractivity contribution in [1.82, 2.24) is 0 Å². The summed E-state index contributed by atoms with van der Waals surface area (Å²) in [4.78, 5) is 32.8. The number of likely N-dealkylation sites (N-methyl/N-ethyl adjacent to an activating group) is 1. The van der Waals surface area contributed by atoms with Gasteiger partial charge in [-0.3, -0.25) is 4.79 Å². The van der Waals surface area contributed by atoms with E-state index in [1.807, 2.05) is 37.3 Å². The van der Waals surface area contributed by atoms with Crippen molar-refractivity contribution >= 4 is 40.1 Å². The summed E-state index contributed by atoms with van der Waals surface area (Å²) >= 11 is 1.20. The summed E-state index contributed by atoms with van der Waals surface area (Å²) in [6.07, 6.45) is 0. The first kappa shape index (κ1) is 19.4. The number of halogens is 1. The molecule has 4 rings (SSSR count). The van der Waals surface area contributed by atoms with Crippen molar-refractivity contribution in [3.05, 3.63) is 70.9 Å². The fraction of sp³-hybridized carbons (Fsp3) is 0.227. The summed E-state index contributed by atoms with van der Waals surface area (Å²) in [5.41, 5.74) is 0.321. The van der Waals surface area contributed by atoms with Crippen LogP contribution in [0.3, 0.4) is 0 Å². The highest BCUT2D eigenvalue weighted by Crippen LogP contribution is 2.54. The van der Waals surface area contributed by atoms with E-state index in [2.05, 4.69) is 4.99 Å². The van der Waals surface area contributed by atoms with Crippen LogP contribution in [0.4, 0.5) is 15.8 Å². The Balaban J connectivity index is 1.99. The van der Waals surface area contributed by atoms with Crippen LogP contribution in [0.5, 0.6) is 0 Å². The minimum atomic E-state index is -1.50. The Kier molecular flexibility index (Phi) is 5.00. The van der Waals surface area contributed by atoms with E-state index in [9.17, 15) is 14.0 Å². The summed E-state index contributed by atoms with van der Waals surface area (Å²) in [5, 5.41) is 2.02. The number of rotatable bonds is 4. The smallest absolute Gasteiger partial charge is 0.336 e. The second-order valence-corrected chi connectivity index (χ2v) is 7.44. The van der Waals surface area contributed by atoms with E-state index in [0.717, 1.165) is 0 Å². The number of fused-ring (bicyclic) bond motifs is 2. The number of para-hydroxylation sites is 1. The van der Waals surface area contributed by atoms with Crippen molar-refractivity contribution in [2.75, 3.05) is 18.1 Å². The number of carbonyl (C=O) groups is 2. The largest absolute Gasteiger partial charge is 0.463 e. The number of hydrogen-bond acceptors (Lipinski definition) is 5. The molecule has 2 aliphatic rings. The third-order valence-electron chi connectivity index (χ3n) is 5.03. The molecule has 2 aromatic carbocycles. The highest BCUT2D eigenvalue weighted by Gasteiger charge is 2.61. The normalized spacial score (nSPS) is 21.6. The number of hydrogen-bond donors (Lipinski definition) is 0. The fourth-order valence-corrected chi connectivity index (χ4v) is 4.94. The molecule has 2 aromatic rings. The molecule has 7 heteroatoms. The summed E-state index contributed by atoms with van der Waals surface area (Å²) < 4.78 is 19.5. The number of anilines is 1. The molecule has 0 N–H and O–H groups in total. The summed E-state index contributed by atoms with van der Waals surface area (Å²) in [6.45, 7) is 4.10. The number of esters is 1. The molecule has 0 saturated carbocycles. The third kappa shape index (κ3) is 2.88. The minimum absolute atomic E-state index is 0.170. The molecule has 5 nitrogen and oxygen atoms in total. The standard InChI is InChI=1S/C22H19FN2O3S/c1-3-25-18-11-10-14(23)12-16(18)22(21(25)27)17(19(26)28-4-2)13-29-20(22)24-15-8-6-5-7-9-15/h5-13H,3-4H2,1-2H3. The minimum Gasteiger partial charge on any atom is -0.463 e. The van der Waals surface area contributed by atoms with Gasteiger partial charge in [-0.05, 0) is 49.6 Å². The number of benzene rings is 2. The van der Waals surface area contributed by atoms with Gasteiger partial charge in [-0.1, -0.05) is 30.0 Å². The average molecular weight is 410 g/mol. The summed E-state index contributed by atoms with van der Waals surface area (Å²) in [7, 11) is 0. The molecule has 2 aliphatic heterocycles. The van der Waals surface area contributed by atoms with Crippen LogP contribution < -0.4 is 4.90 Å². The maximum Gasteiger partial charge on any atom is 0.336 e. The lowest BCUT2D eigenvalue weighted by molar-refractivity contribution is -0.140. The monoisotopic (exact) mass is 410 g/mol. The first-order chi connectivity index (χ1) is 14.0. The number of amides is 1. The van der Waals surface area contributed by atoms with E-state index in [1.54, 1.807) is 23.3 Å². The summed E-state index contributed by atoms with van der Waals surface area (Å²) in [5.74, 6) is -1.40. The zero-order valence-corrected chi connectivity index (χ0v) is 16.8. The van der Waals surface area contributed by atoms with Crippen LogP contribution >= 0.6 is 11.8 Å². The topological polar surface area (TPSA) is 59.0 Å². The van der Waals surface area contributed by atoms with E-state index in [4.69, 9.17) is 4.74 Å². The fourth-order valence-electron chi connectivity index (χ4n) is 3.80. The Hall–Kier alpha value is -2.93.